The molecule has 0 saturated heterocycles. The van der Waals surface area contributed by atoms with Gasteiger partial charge in [0, 0.05) is 36.2 Å². The van der Waals surface area contributed by atoms with E-state index in [0.29, 0.717) is 37.4 Å². The average Bonchev–Trinajstić information content (AvgIpc) is 3.14. The van der Waals surface area contributed by atoms with E-state index in [0.717, 1.165) is 42.8 Å². The van der Waals surface area contributed by atoms with Gasteiger partial charge in [-0.1, -0.05) is 36.7 Å². The van der Waals surface area contributed by atoms with Crippen LogP contribution in [0.15, 0.2) is 48.6 Å². The van der Waals surface area contributed by atoms with Crippen LogP contribution in [0.25, 0.3) is 0 Å². The molecule has 5 unspecified atom stereocenters. The number of carbonyl (C=O) groups is 2. The second-order valence-corrected chi connectivity index (χ2v) is 15.5. The highest BCUT2D eigenvalue weighted by Gasteiger charge is 2.50. The Hall–Kier alpha value is -2.88. The highest BCUT2D eigenvalue weighted by atomic mass is 35.5. The Morgan fingerprint density at radius 3 is 2.78 bits per heavy atom. The van der Waals surface area contributed by atoms with Gasteiger partial charge in [0.25, 0.3) is 5.91 Å². The Morgan fingerprint density at radius 2 is 2.04 bits per heavy atom. The Bertz CT molecular complexity index is 1530. The van der Waals surface area contributed by atoms with E-state index >= 15 is 0 Å². The number of halogens is 1. The number of nitrogens with one attached hydrogen (secondary N) is 1. The molecule has 2 aliphatic heterocycles. The fraction of sp³-hybridized carbons (Fsp3) is 0.543. The van der Waals surface area contributed by atoms with E-state index in [1.807, 2.05) is 44.2 Å². The lowest BCUT2D eigenvalue weighted by atomic mass is 9.63. The molecule has 8 nitrogen and oxygen atoms in total. The molecule has 1 spiro atoms. The van der Waals surface area contributed by atoms with Crippen LogP contribution in [-0.2, 0) is 32.4 Å². The number of ether oxygens (including phenoxy) is 2. The van der Waals surface area contributed by atoms with Crippen molar-refractivity contribution in [3.05, 3.63) is 70.3 Å². The summed E-state index contributed by atoms with van der Waals surface area (Å²) in [6, 6.07) is 11.6. The number of carboxylic acids is 1. The van der Waals surface area contributed by atoms with Crippen molar-refractivity contribution >= 4 is 40.2 Å². The molecule has 7 atom stereocenters. The molecule has 2 aromatic rings. The fourth-order valence-corrected chi connectivity index (χ4v) is 9.15. The van der Waals surface area contributed by atoms with Crippen molar-refractivity contribution in [3.8, 4) is 5.75 Å². The van der Waals surface area contributed by atoms with Gasteiger partial charge >= 0.3 is 5.97 Å². The van der Waals surface area contributed by atoms with E-state index < -0.39 is 22.6 Å². The molecular formula is C35H43ClN2O6S. The number of hydrogen-bond donors (Lipinski definition) is 2. The molecule has 4 aliphatic rings. The number of nitrogens with zero attached hydrogens (tertiary/aromatic N) is 1. The number of anilines is 1. The summed E-state index contributed by atoms with van der Waals surface area (Å²) in [5, 5.41) is 10.4. The van der Waals surface area contributed by atoms with Crippen LogP contribution in [-0.4, -0.2) is 58.8 Å². The van der Waals surface area contributed by atoms with Gasteiger partial charge in [0.15, 0.2) is 0 Å². The molecule has 1 fully saturated rings. The van der Waals surface area contributed by atoms with Gasteiger partial charge in [-0.3, -0.25) is 14.3 Å². The Labute approximate surface area is 273 Å². The quantitative estimate of drug-likeness (QED) is 0.387. The normalized spacial score (nSPS) is 33.9. The molecule has 45 heavy (non-hydrogen) atoms. The maximum absolute atomic E-state index is 13.4. The summed E-state index contributed by atoms with van der Waals surface area (Å²) in [5.41, 5.74) is 2.50. The summed E-state index contributed by atoms with van der Waals surface area (Å²) in [5.74, 6) is -0.436. The van der Waals surface area contributed by atoms with Gasteiger partial charge in [-0.2, -0.15) is 0 Å². The first-order valence-corrected chi connectivity index (χ1v) is 17.6. The second-order valence-electron chi connectivity index (χ2n) is 13.5. The lowest BCUT2D eigenvalue weighted by Gasteiger charge is -2.50. The van der Waals surface area contributed by atoms with E-state index in [2.05, 4.69) is 21.8 Å². The number of rotatable bonds is 3. The minimum absolute atomic E-state index is 0.00267. The third kappa shape index (κ3) is 6.15. The van der Waals surface area contributed by atoms with Gasteiger partial charge in [-0.05, 0) is 105 Å². The average molecular weight is 655 g/mol. The van der Waals surface area contributed by atoms with Gasteiger partial charge in [-0.15, -0.1) is 0 Å². The van der Waals surface area contributed by atoms with Crippen LogP contribution in [0.2, 0.25) is 5.02 Å². The summed E-state index contributed by atoms with van der Waals surface area (Å²) >= 11 is 6.42. The van der Waals surface area contributed by atoms with E-state index in [4.69, 9.17) is 21.1 Å². The predicted molar refractivity (Wildman–Crippen MR) is 176 cm³/mol. The van der Waals surface area contributed by atoms with Crippen LogP contribution in [0.1, 0.15) is 73.9 Å². The molecule has 6 rings (SSSR count). The van der Waals surface area contributed by atoms with Crippen LogP contribution in [0, 0.1) is 17.8 Å². The molecule has 2 bridgehead atoms. The van der Waals surface area contributed by atoms with Crippen LogP contribution in [0.3, 0.4) is 0 Å². The predicted octanol–water partition coefficient (Wildman–Crippen LogP) is 6.08. The summed E-state index contributed by atoms with van der Waals surface area (Å²) in [4.78, 5) is 28.0. The molecule has 2 N–H and O–H groups in total. The summed E-state index contributed by atoms with van der Waals surface area (Å²) < 4.78 is 28.7. The number of amides is 1. The Kier molecular flexibility index (Phi) is 9.07. The van der Waals surface area contributed by atoms with Crippen LogP contribution in [0.4, 0.5) is 5.69 Å². The topological polar surface area (TPSA) is 105 Å². The van der Waals surface area contributed by atoms with Gasteiger partial charge in [0.1, 0.15) is 16.7 Å². The minimum Gasteiger partial charge on any atom is -0.490 e. The summed E-state index contributed by atoms with van der Waals surface area (Å²) in [6.07, 6.45) is 9.10. The second kappa shape index (κ2) is 12.7. The molecule has 2 aliphatic carbocycles. The lowest BCUT2D eigenvalue weighted by Crippen LogP contribution is -2.53. The summed E-state index contributed by atoms with van der Waals surface area (Å²) in [6.45, 7) is 5.69. The van der Waals surface area contributed by atoms with Crippen LogP contribution in [0.5, 0.6) is 5.75 Å². The largest absolute Gasteiger partial charge is 0.490 e. The Balaban J connectivity index is 1.45. The number of carboxylic acid groups (broad SMARTS) is 1. The maximum Gasteiger partial charge on any atom is 0.306 e. The number of aliphatic carboxylic acids is 1. The maximum atomic E-state index is 13.4. The van der Waals surface area contributed by atoms with E-state index in [1.165, 1.54) is 11.1 Å². The van der Waals surface area contributed by atoms with Crippen LogP contribution >= 0.6 is 11.6 Å². The molecule has 1 saturated carbocycles. The van der Waals surface area contributed by atoms with Crippen molar-refractivity contribution in [3.63, 3.8) is 0 Å². The van der Waals surface area contributed by atoms with Gasteiger partial charge < -0.3 is 19.5 Å². The SMILES string of the molecule is CO[C@]1(CC(=O)O)/C=C/CC(C)C(C)S(=O)NC(=O)c2ccc3c(c2)N(CC2CCC21)C[C@@]1(CCCc2cc(Cl)ccc21)CO3. The highest BCUT2D eigenvalue weighted by molar-refractivity contribution is 7.84. The van der Waals surface area contributed by atoms with Crippen molar-refractivity contribution in [1.82, 2.24) is 4.72 Å². The molecular weight excluding hydrogens is 612 g/mol. The highest BCUT2D eigenvalue weighted by Crippen LogP contribution is 2.49. The molecule has 1 amide bonds. The molecule has 2 aromatic carbocycles. The monoisotopic (exact) mass is 654 g/mol. The number of methoxy groups -OCH3 is 1. The van der Waals surface area contributed by atoms with Crippen molar-refractivity contribution in [2.24, 2.45) is 17.8 Å². The third-order valence-corrected chi connectivity index (χ3v) is 12.6. The number of allylic oxidation sites excluding steroid dienone is 1. The van der Waals surface area contributed by atoms with Gasteiger partial charge in [0.2, 0.25) is 0 Å². The molecule has 242 valence electrons. The van der Waals surface area contributed by atoms with Crippen LogP contribution < -0.4 is 14.4 Å². The number of benzene rings is 2. The van der Waals surface area contributed by atoms with Gasteiger partial charge in [-0.25, -0.2) is 4.21 Å². The first-order chi connectivity index (χ1) is 21.5. The number of carbonyl (C=O) groups excluding carboxylic acids is 1. The zero-order valence-electron chi connectivity index (χ0n) is 26.2. The number of aryl methyl sites for hydroxylation is 1. The molecule has 0 radical (unpaired) electrons. The third-order valence-electron chi connectivity index (χ3n) is 10.8. The first-order valence-electron chi connectivity index (χ1n) is 16.0. The van der Waals surface area contributed by atoms with Gasteiger partial charge in [0.05, 0.1) is 29.6 Å². The zero-order valence-corrected chi connectivity index (χ0v) is 27.8. The standard InChI is InChI=1S/C35H43ClN2O6S/c1-22-6-4-15-35(43-3,18-32(39)40)29-11-8-26(29)19-38-20-34(14-5-7-24-16-27(36)10-12-28(24)34)21-44-31-13-9-25(17-30(31)38)33(41)37-45(42)23(22)2/h4,9-10,12-13,15-17,22-23,26,29H,5-8,11,14,18-21H2,1-3H3,(H,37,41)(H,39,40)/b15-4+/t22?,23?,26?,29?,34-,35-,45?/m0/s1. The number of fused-ring (bicyclic) bond motifs is 4. The molecule has 0 aromatic heterocycles. The smallest absolute Gasteiger partial charge is 0.306 e. The fourth-order valence-electron chi connectivity index (χ4n) is 7.94. The van der Waals surface area contributed by atoms with E-state index in [9.17, 15) is 18.9 Å². The zero-order chi connectivity index (χ0) is 31.9. The first kappa shape index (κ1) is 32.1. The lowest BCUT2D eigenvalue weighted by molar-refractivity contribution is -0.148. The molecule has 10 heteroatoms. The van der Waals surface area contributed by atoms with E-state index in [1.54, 1.807) is 13.2 Å². The van der Waals surface area contributed by atoms with Crippen molar-refractivity contribution in [2.75, 3.05) is 31.7 Å². The molecule has 2 heterocycles. The van der Waals surface area contributed by atoms with Crippen molar-refractivity contribution in [2.45, 2.75) is 75.1 Å². The minimum atomic E-state index is -1.61. The summed E-state index contributed by atoms with van der Waals surface area (Å²) in [7, 11) is -0.00531. The van der Waals surface area contributed by atoms with Crippen molar-refractivity contribution in [1.29, 1.82) is 0 Å². The Morgan fingerprint density at radius 1 is 1.22 bits per heavy atom. The van der Waals surface area contributed by atoms with Crippen molar-refractivity contribution < 1.29 is 28.4 Å². The van der Waals surface area contributed by atoms with E-state index in [-0.39, 0.29) is 40.7 Å². The number of hydrogen-bond acceptors (Lipinski definition) is 6.